The van der Waals surface area contributed by atoms with E-state index in [-0.39, 0.29) is 0 Å². The first-order chi connectivity index (χ1) is 16.2. The predicted octanol–water partition coefficient (Wildman–Crippen LogP) is 8.50. The Morgan fingerprint density at radius 3 is 1.85 bits per heavy atom. The Labute approximate surface area is 201 Å². The third-order valence-corrected chi connectivity index (χ3v) is 7.55. The molecule has 2 N–H and O–H groups in total. The summed E-state index contributed by atoms with van der Waals surface area (Å²) in [5, 5.41) is 0. The first kappa shape index (κ1) is 23.6. The molecule has 0 heterocycles. The fourth-order valence-corrected chi connectivity index (χ4v) is 5.41. The van der Waals surface area contributed by atoms with Gasteiger partial charge in [0.1, 0.15) is 0 Å². The van der Waals surface area contributed by atoms with Gasteiger partial charge in [-0.3, -0.25) is 0 Å². The van der Waals surface area contributed by atoms with Crippen LogP contribution in [0.25, 0.3) is 0 Å². The summed E-state index contributed by atoms with van der Waals surface area (Å²) < 4.78 is 0. The summed E-state index contributed by atoms with van der Waals surface area (Å²) >= 11 is 0. The topological polar surface area (TPSA) is 26.0 Å². The Bertz CT molecular complexity index is 945. The number of nitrogens with two attached hydrogens (primary N) is 1. The van der Waals surface area contributed by atoms with Crippen LogP contribution >= 0.6 is 0 Å². The van der Waals surface area contributed by atoms with Gasteiger partial charge in [0.05, 0.1) is 0 Å². The maximum absolute atomic E-state index is 5.81. The van der Waals surface area contributed by atoms with E-state index in [0.717, 1.165) is 23.9 Å². The zero-order valence-electron chi connectivity index (χ0n) is 20.4. The molecule has 1 nitrogen and oxygen atoms in total. The van der Waals surface area contributed by atoms with Gasteiger partial charge in [0.15, 0.2) is 0 Å². The van der Waals surface area contributed by atoms with E-state index in [1.165, 1.54) is 92.0 Å². The van der Waals surface area contributed by atoms with Crippen LogP contribution in [-0.4, -0.2) is 0 Å². The highest BCUT2D eigenvalue weighted by molar-refractivity contribution is 5.41. The number of nitrogen functional groups attached to an aromatic ring is 1. The number of hydrogen-bond donors (Lipinski definition) is 1. The molecule has 0 atom stereocenters. The number of hydrogen-bond acceptors (Lipinski definition) is 1. The zero-order valence-corrected chi connectivity index (χ0v) is 20.4. The summed E-state index contributed by atoms with van der Waals surface area (Å²) in [5.74, 6) is 1.58. The van der Waals surface area contributed by atoms with Gasteiger partial charge in [-0.15, -0.1) is 0 Å². The molecule has 0 aliphatic heterocycles. The maximum Gasteiger partial charge on any atom is 0.0314 e. The highest BCUT2D eigenvalue weighted by Gasteiger charge is 2.22. The van der Waals surface area contributed by atoms with E-state index < -0.39 is 0 Å². The number of aryl methyl sites for hydroxylation is 1. The van der Waals surface area contributed by atoms with Crippen molar-refractivity contribution in [1.29, 1.82) is 0 Å². The molecule has 0 radical (unpaired) electrons. The van der Waals surface area contributed by atoms with Gasteiger partial charge in [0.25, 0.3) is 0 Å². The number of anilines is 1. The summed E-state index contributed by atoms with van der Waals surface area (Å²) in [7, 11) is 0. The van der Waals surface area contributed by atoms with Crippen molar-refractivity contribution in [2.75, 3.05) is 5.73 Å². The molecule has 1 heteroatoms. The SMILES string of the molecule is CCCCCCc1ccc(CC2CCC(c3ccc(Cc4ccc(N)cc4)cc3)CC2)cc1. The first-order valence-corrected chi connectivity index (χ1v) is 13.2. The molecule has 0 spiro atoms. The van der Waals surface area contributed by atoms with Crippen LogP contribution in [-0.2, 0) is 19.3 Å². The molecule has 0 aromatic heterocycles. The summed E-state index contributed by atoms with van der Waals surface area (Å²) in [6, 6.07) is 27.2. The molecule has 1 aliphatic carbocycles. The number of benzene rings is 3. The van der Waals surface area contributed by atoms with Crippen molar-refractivity contribution in [1.82, 2.24) is 0 Å². The summed E-state index contributed by atoms with van der Waals surface area (Å²) in [5.41, 5.74) is 13.9. The lowest BCUT2D eigenvalue weighted by Crippen LogP contribution is -2.15. The minimum absolute atomic E-state index is 0.734. The van der Waals surface area contributed by atoms with E-state index >= 15 is 0 Å². The standard InChI is InChI=1S/C32H41N/c1-2-3-4-5-6-25-7-9-26(10-8-25)23-27-11-17-30(18-12-27)31-19-13-28(14-20-31)24-29-15-21-32(33)22-16-29/h7-10,13-16,19-22,27,30H,2-6,11-12,17-18,23-24,33H2,1H3. The van der Waals surface area contributed by atoms with E-state index in [0.29, 0.717) is 0 Å². The van der Waals surface area contributed by atoms with Gasteiger partial charge in [0.2, 0.25) is 0 Å². The second-order valence-electron chi connectivity index (χ2n) is 10.2. The summed E-state index contributed by atoms with van der Waals surface area (Å²) in [6.45, 7) is 2.28. The van der Waals surface area contributed by atoms with E-state index in [1.54, 1.807) is 0 Å². The molecule has 3 aromatic rings. The van der Waals surface area contributed by atoms with Crippen LogP contribution in [0.1, 0.15) is 92.0 Å². The molecular weight excluding hydrogens is 398 g/mol. The quantitative estimate of drug-likeness (QED) is 0.249. The van der Waals surface area contributed by atoms with Crippen LogP contribution in [0.2, 0.25) is 0 Å². The number of rotatable bonds is 10. The largest absolute Gasteiger partial charge is 0.399 e. The zero-order chi connectivity index (χ0) is 22.9. The van der Waals surface area contributed by atoms with Gasteiger partial charge < -0.3 is 5.73 Å². The molecule has 0 saturated heterocycles. The fraction of sp³-hybridized carbons (Fsp3) is 0.438. The Hall–Kier alpha value is -2.54. The van der Waals surface area contributed by atoms with Crippen LogP contribution in [0.15, 0.2) is 72.8 Å². The van der Waals surface area contributed by atoms with Crippen molar-refractivity contribution in [3.05, 3.63) is 101 Å². The second kappa shape index (κ2) is 12.1. The molecule has 3 aromatic carbocycles. The van der Waals surface area contributed by atoms with Crippen molar-refractivity contribution >= 4 is 5.69 Å². The second-order valence-corrected chi connectivity index (χ2v) is 10.2. The van der Waals surface area contributed by atoms with Crippen molar-refractivity contribution < 1.29 is 0 Å². The Morgan fingerprint density at radius 2 is 1.21 bits per heavy atom. The monoisotopic (exact) mass is 439 g/mol. The van der Waals surface area contributed by atoms with Gasteiger partial charge in [-0.1, -0.05) is 86.8 Å². The van der Waals surface area contributed by atoms with E-state index in [2.05, 4.69) is 67.6 Å². The molecule has 1 saturated carbocycles. The third kappa shape index (κ3) is 7.22. The smallest absolute Gasteiger partial charge is 0.0314 e. The molecule has 0 bridgehead atoms. The van der Waals surface area contributed by atoms with Crippen LogP contribution in [0.3, 0.4) is 0 Å². The Balaban J connectivity index is 1.22. The van der Waals surface area contributed by atoms with Gasteiger partial charge >= 0.3 is 0 Å². The minimum atomic E-state index is 0.734. The molecular formula is C32H41N. The van der Waals surface area contributed by atoms with Crippen LogP contribution in [0.4, 0.5) is 5.69 Å². The van der Waals surface area contributed by atoms with Crippen LogP contribution < -0.4 is 5.73 Å². The fourth-order valence-electron chi connectivity index (χ4n) is 5.41. The molecule has 4 rings (SSSR count). The van der Waals surface area contributed by atoms with E-state index in [4.69, 9.17) is 5.73 Å². The van der Waals surface area contributed by atoms with Crippen LogP contribution in [0, 0.1) is 5.92 Å². The van der Waals surface area contributed by atoms with Crippen molar-refractivity contribution in [3.8, 4) is 0 Å². The van der Waals surface area contributed by atoms with Crippen molar-refractivity contribution in [3.63, 3.8) is 0 Å². The molecule has 0 unspecified atom stereocenters. The maximum atomic E-state index is 5.81. The molecule has 1 aliphatic rings. The van der Waals surface area contributed by atoms with E-state index in [1.807, 2.05) is 12.1 Å². The van der Waals surface area contributed by atoms with Gasteiger partial charge in [-0.25, -0.2) is 0 Å². The highest BCUT2D eigenvalue weighted by Crippen LogP contribution is 2.37. The first-order valence-electron chi connectivity index (χ1n) is 13.2. The number of unbranched alkanes of at least 4 members (excludes halogenated alkanes) is 3. The van der Waals surface area contributed by atoms with Gasteiger partial charge in [0, 0.05) is 5.69 Å². The molecule has 33 heavy (non-hydrogen) atoms. The molecule has 174 valence electrons. The van der Waals surface area contributed by atoms with Crippen LogP contribution in [0.5, 0.6) is 0 Å². The average molecular weight is 440 g/mol. The lowest BCUT2D eigenvalue weighted by atomic mass is 9.76. The van der Waals surface area contributed by atoms with E-state index in [9.17, 15) is 0 Å². The van der Waals surface area contributed by atoms with Crippen molar-refractivity contribution in [2.24, 2.45) is 5.92 Å². The predicted molar refractivity (Wildman–Crippen MR) is 143 cm³/mol. The minimum Gasteiger partial charge on any atom is -0.399 e. The summed E-state index contributed by atoms with van der Waals surface area (Å²) in [4.78, 5) is 0. The summed E-state index contributed by atoms with van der Waals surface area (Å²) in [6.07, 6.45) is 14.2. The average Bonchev–Trinajstić information content (AvgIpc) is 2.85. The van der Waals surface area contributed by atoms with Crippen molar-refractivity contribution in [2.45, 2.75) is 83.5 Å². The molecule has 0 amide bonds. The Kier molecular flexibility index (Phi) is 8.64. The Morgan fingerprint density at radius 1 is 0.636 bits per heavy atom. The highest BCUT2D eigenvalue weighted by atomic mass is 14.5. The molecule has 1 fully saturated rings. The van der Waals surface area contributed by atoms with Gasteiger partial charge in [-0.2, -0.15) is 0 Å². The lowest BCUT2D eigenvalue weighted by molar-refractivity contribution is 0.324. The normalized spacial score (nSPS) is 18.3. The third-order valence-electron chi connectivity index (χ3n) is 7.55. The van der Waals surface area contributed by atoms with Gasteiger partial charge in [-0.05, 0) is 103 Å². The lowest BCUT2D eigenvalue weighted by Gasteiger charge is -2.29.